The second-order valence-corrected chi connectivity index (χ2v) is 13.0. The monoisotopic (exact) mass is 788 g/mol. The number of rotatable bonds is 19. The summed E-state index contributed by atoms with van der Waals surface area (Å²) < 4.78 is 0. The Labute approximate surface area is 321 Å². The molecule has 3 rings (SSSR count). The molecule has 0 saturated carbocycles. The SMILES string of the molecule is C[C@H](NC(=O)CNC(=O)CNC(=O)[C@H](Cc1ccc(O)cc1)NC(=O)CNC(=O)CN)C(=O)N1CCC[C@H]1C(=O)NCC(=O)NCC(=O)N1CCC[C@H]1C(=O)O. The standard InChI is InChI=1S/C34H48N10O12/c1-19(33(54)44-11-2-4-23(44)32(53)40-15-27(48)38-18-30(51)43-10-3-5-24(43)34(55)56)41-28(49)16-37-26(47)14-39-31(52)22(12-20-6-8-21(45)9-7-20)42-29(50)17-36-25(46)13-35/h6-9,19,22-24,45H,2-5,10-18,35H2,1H3,(H,36,46)(H,37,47)(H,38,48)(H,39,52)(H,40,53)(H,41,49)(H,42,50)(H,55,56)/t19-,22-,23-,24-/m0/s1. The summed E-state index contributed by atoms with van der Waals surface area (Å²) in [6.45, 7) is -1.06. The van der Waals surface area contributed by atoms with Crippen LogP contribution in [0.25, 0.3) is 0 Å². The Balaban J connectivity index is 1.41. The highest BCUT2D eigenvalue weighted by atomic mass is 16.4. The van der Waals surface area contributed by atoms with Crippen molar-refractivity contribution in [1.29, 1.82) is 0 Å². The molecule has 0 aliphatic carbocycles. The number of carbonyl (C=O) groups is 10. The second-order valence-electron chi connectivity index (χ2n) is 13.0. The van der Waals surface area contributed by atoms with E-state index in [1.54, 1.807) is 0 Å². The Morgan fingerprint density at radius 3 is 1.86 bits per heavy atom. The van der Waals surface area contributed by atoms with Crippen LogP contribution in [0.4, 0.5) is 0 Å². The summed E-state index contributed by atoms with van der Waals surface area (Å²) in [7, 11) is 0. The lowest BCUT2D eigenvalue weighted by Crippen LogP contribution is -2.54. The number of benzene rings is 1. The van der Waals surface area contributed by atoms with Crippen LogP contribution in [0, 0.1) is 0 Å². The fourth-order valence-corrected chi connectivity index (χ4v) is 5.96. The summed E-state index contributed by atoms with van der Waals surface area (Å²) in [5, 5.41) is 35.4. The molecule has 1 aromatic carbocycles. The van der Waals surface area contributed by atoms with Gasteiger partial charge in [0, 0.05) is 19.5 Å². The van der Waals surface area contributed by atoms with Gasteiger partial charge in [-0.15, -0.1) is 0 Å². The number of likely N-dealkylation sites (tertiary alicyclic amines) is 2. The van der Waals surface area contributed by atoms with Gasteiger partial charge in [0.15, 0.2) is 0 Å². The number of carboxylic acids is 1. The Morgan fingerprint density at radius 2 is 1.23 bits per heavy atom. The molecule has 0 radical (unpaired) electrons. The zero-order chi connectivity index (χ0) is 41.4. The number of carboxylic acid groups (broad SMARTS) is 1. The van der Waals surface area contributed by atoms with Gasteiger partial charge in [-0.1, -0.05) is 12.1 Å². The highest BCUT2D eigenvalue weighted by Crippen LogP contribution is 2.19. The molecule has 2 saturated heterocycles. The fourth-order valence-electron chi connectivity index (χ4n) is 5.96. The van der Waals surface area contributed by atoms with Gasteiger partial charge in [0.25, 0.3) is 0 Å². The van der Waals surface area contributed by atoms with E-state index in [2.05, 4.69) is 37.2 Å². The molecule has 22 heteroatoms. The molecule has 4 atom stereocenters. The molecule has 0 unspecified atom stereocenters. The highest BCUT2D eigenvalue weighted by Gasteiger charge is 2.37. The van der Waals surface area contributed by atoms with Crippen molar-refractivity contribution < 1.29 is 58.2 Å². The molecule has 0 spiro atoms. The summed E-state index contributed by atoms with van der Waals surface area (Å²) in [5.41, 5.74) is 5.77. The maximum Gasteiger partial charge on any atom is 0.326 e. The normalized spacial score (nSPS) is 17.1. The Bertz CT molecular complexity index is 1660. The van der Waals surface area contributed by atoms with Crippen LogP contribution in [0.5, 0.6) is 5.75 Å². The molecule has 11 N–H and O–H groups in total. The number of hydrogen-bond acceptors (Lipinski definition) is 12. The van der Waals surface area contributed by atoms with E-state index in [1.807, 2.05) is 0 Å². The van der Waals surface area contributed by atoms with Gasteiger partial charge in [-0.05, 0) is 50.3 Å². The van der Waals surface area contributed by atoms with Crippen LogP contribution in [0.15, 0.2) is 24.3 Å². The van der Waals surface area contributed by atoms with Crippen molar-refractivity contribution in [3.63, 3.8) is 0 Å². The number of carbonyl (C=O) groups excluding carboxylic acids is 9. The maximum absolute atomic E-state index is 13.2. The summed E-state index contributed by atoms with van der Waals surface area (Å²) in [6.07, 6.45) is 1.57. The molecule has 2 aliphatic rings. The minimum Gasteiger partial charge on any atom is -0.508 e. The summed E-state index contributed by atoms with van der Waals surface area (Å²) >= 11 is 0. The van der Waals surface area contributed by atoms with E-state index < -0.39 is 116 Å². The minimum atomic E-state index is -1.19. The number of aromatic hydroxyl groups is 1. The van der Waals surface area contributed by atoms with Gasteiger partial charge in [0.1, 0.15) is 29.9 Å². The third-order valence-corrected chi connectivity index (χ3v) is 8.83. The third-order valence-electron chi connectivity index (χ3n) is 8.83. The van der Waals surface area contributed by atoms with Crippen molar-refractivity contribution in [3.05, 3.63) is 29.8 Å². The van der Waals surface area contributed by atoms with Crippen molar-refractivity contribution in [1.82, 2.24) is 47.0 Å². The molecule has 56 heavy (non-hydrogen) atoms. The highest BCUT2D eigenvalue weighted by molar-refractivity contribution is 5.96. The number of nitrogens with zero attached hydrogens (tertiary/aromatic N) is 2. The summed E-state index contributed by atoms with van der Waals surface area (Å²) in [6, 6.07) is 1.64. The lowest BCUT2D eigenvalue weighted by atomic mass is 10.0. The smallest absolute Gasteiger partial charge is 0.326 e. The van der Waals surface area contributed by atoms with Crippen LogP contribution in [0.1, 0.15) is 38.2 Å². The predicted molar refractivity (Wildman–Crippen MR) is 193 cm³/mol. The van der Waals surface area contributed by atoms with Gasteiger partial charge in [0.05, 0.1) is 39.3 Å². The van der Waals surface area contributed by atoms with E-state index in [-0.39, 0.29) is 38.2 Å². The zero-order valence-electron chi connectivity index (χ0n) is 30.8. The van der Waals surface area contributed by atoms with Crippen LogP contribution < -0.4 is 43.0 Å². The molecule has 0 aromatic heterocycles. The first kappa shape index (κ1) is 44.1. The predicted octanol–water partition coefficient (Wildman–Crippen LogP) is -5.47. The van der Waals surface area contributed by atoms with Crippen LogP contribution in [-0.4, -0.2) is 156 Å². The Morgan fingerprint density at radius 1 is 0.696 bits per heavy atom. The van der Waals surface area contributed by atoms with Gasteiger partial charge in [-0.3, -0.25) is 43.2 Å². The number of phenolic OH excluding ortho intramolecular Hbond substituents is 1. The second kappa shape index (κ2) is 21.5. The summed E-state index contributed by atoms with van der Waals surface area (Å²) in [4.78, 5) is 126. The average molecular weight is 789 g/mol. The van der Waals surface area contributed by atoms with E-state index in [1.165, 1.54) is 41.0 Å². The van der Waals surface area contributed by atoms with Gasteiger partial charge in [-0.2, -0.15) is 0 Å². The lowest BCUT2D eigenvalue weighted by Gasteiger charge is -2.27. The van der Waals surface area contributed by atoms with Gasteiger partial charge < -0.3 is 63.0 Å². The number of aliphatic carboxylic acids is 1. The molecule has 306 valence electrons. The number of nitrogens with two attached hydrogens (primary N) is 1. The van der Waals surface area contributed by atoms with E-state index >= 15 is 0 Å². The molecular weight excluding hydrogens is 740 g/mol. The van der Waals surface area contributed by atoms with Crippen LogP contribution >= 0.6 is 0 Å². The molecule has 2 fully saturated rings. The molecule has 9 amide bonds. The van der Waals surface area contributed by atoms with E-state index in [0.29, 0.717) is 24.8 Å². The fraction of sp³-hybridized carbons (Fsp3) is 0.529. The van der Waals surface area contributed by atoms with Crippen LogP contribution in [0.2, 0.25) is 0 Å². The van der Waals surface area contributed by atoms with Crippen molar-refractivity contribution in [3.8, 4) is 5.75 Å². The van der Waals surface area contributed by atoms with Crippen molar-refractivity contribution in [2.45, 2.75) is 63.2 Å². The van der Waals surface area contributed by atoms with Crippen molar-refractivity contribution >= 4 is 59.1 Å². The quantitative estimate of drug-likeness (QED) is 0.0627. The molecular formula is C34H48N10O12. The van der Waals surface area contributed by atoms with Gasteiger partial charge in [-0.25, -0.2) is 4.79 Å². The lowest BCUT2D eigenvalue weighted by molar-refractivity contribution is -0.148. The third kappa shape index (κ3) is 13.8. The molecule has 2 aliphatic heterocycles. The molecule has 0 bridgehead atoms. The first-order valence-corrected chi connectivity index (χ1v) is 17.8. The van der Waals surface area contributed by atoms with Crippen molar-refractivity contribution in [2.75, 3.05) is 52.4 Å². The molecule has 22 nitrogen and oxygen atoms in total. The summed E-state index contributed by atoms with van der Waals surface area (Å²) in [5.74, 6) is -7.20. The van der Waals surface area contributed by atoms with Crippen molar-refractivity contribution in [2.24, 2.45) is 5.73 Å². The zero-order valence-corrected chi connectivity index (χ0v) is 30.8. The van der Waals surface area contributed by atoms with Crippen LogP contribution in [0.3, 0.4) is 0 Å². The topological polar surface area (TPSA) is 328 Å². The Hall–Kier alpha value is -6.32. The number of hydrogen-bond donors (Lipinski definition) is 10. The largest absolute Gasteiger partial charge is 0.508 e. The van der Waals surface area contributed by atoms with Gasteiger partial charge >= 0.3 is 5.97 Å². The van der Waals surface area contributed by atoms with E-state index in [9.17, 15) is 58.2 Å². The number of phenols is 1. The van der Waals surface area contributed by atoms with Gasteiger partial charge in [0.2, 0.25) is 53.2 Å². The molecule has 1 aromatic rings. The maximum atomic E-state index is 13.2. The first-order chi connectivity index (χ1) is 26.6. The Kier molecular flexibility index (Phi) is 17.0. The first-order valence-electron chi connectivity index (χ1n) is 17.8. The van der Waals surface area contributed by atoms with E-state index in [4.69, 9.17) is 5.73 Å². The number of amides is 9. The average Bonchev–Trinajstić information content (AvgIpc) is 3.88. The number of nitrogens with one attached hydrogen (secondary N) is 7. The van der Waals surface area contributed by atoms with Crippen LogP contribution in [-0.2, 0) is 54.4 Å². The minimum absolute atomic E-state index is 0.0180. The van der Waals surface area contributed by atoms with E-state index in [0.717, 1.165) is 0 Å². The molecule has 2 heterocycles.